The van der Waals surface area contributed by atoms with Gasteiger partial charge in [0.05, 0.1) is 19.5 Å². The molecule has 2 aliphatic heterocycles. The molecule has 23 heavy (non-hydrogen) atoms. The number of hydrogen-bond acceptors (Lipinski definition) is 3. The van der Waals surface area contributed by atoms with Crippen molar-refractivity contribution in [2.45, 2.75) is 18.8 Å². The van der Waals surface area contributed by atoms with Gasteiger partial charge in [-0.25, -0.2) is 0 Å². The molecule has 4 nitrogen and oxygen atoms in total. The number of carbonyl (C=O) groups is 1. The molecular formula is C18H17ClN2O2. The predicted octanol–water partition coefficient (Wildman–Crippen LogP) is 3.21. The highest BCUT2D eigenvalue weighted by atomic mass is 35.5. The molecule has 2 aromatic carbocycles. The number of amides is 1. The zero-order valence-electron chi connectivity index (χ0n) is 17.4. The summed E-state index contributed by atoms with van der Waals surface area (Å²) in [7, 11) is 0. The number of ether oxygens (including phenoxy) is 1. The molecule has 4 rings (SSSR count). The Morgan fingerprint density at radius 1 is 1.39 bits per heavy atom. The Bertz CT molecular complexity index is 989. The van der Waals surface area contributed by atoms with Crippen molar-refractivity contribution in [2.24, 2.45) is 0 Å². The first-order valence-electron chi connectivity index (χ1n) is 9.77. The highest BCUT2D eigenvalue weighted by molar-refractivity contribution is 6.30. The van der Waals surface area contributed by atoms with Crippen LogP contribution in [-0.2, 0) is 15.3 Å². The van der Waals surface area contributed by atoms with E-state index in [0.29, 0.717) is 22.8 Å². The lowest BCUT2D eigenvalue weighted by Gasteiger charge is -2.36. The van der Waals surface area contributed by atoms with Crippen LogP contribution in [0.4, 0.5) is 5.69 Å². The van der Waals surface area contributed by atoms with Gasteiger partial charge in [0, 0.05) is 28.4 Å². The Hall–Kier alpha value is -1.88. The second kappa shape index (κ2) is 5.34. The van der Waals surface area contributed by atoms with E-state index < -0.39 is 23.9 Å². The molecule has 118 valence electrons. The first kappa shape index (κ1) is 10.1. The fourth-order valence-electron chi connectivity index (χ4n) is 3.29. The Morgan fingerprint density at radius 2 is 2.17 bits per heavy atom. The zero-order valence-corrected chi connectivity index (χ0v) is 13.1. The Morgan fingerprint density at radius 3 is 2.96 bits per heavy atom. The average Bonchev–Trinajstić information content (AvgIpc) is 2.91. The fraction of sp³-hybridized carbons (Fsp3) is 0.278. The lowest BCUT2D eigenvalue weighted by atomic mass is 9.92. The van der Waals surface area contributed by atoms with Crippen molar-refractivity contribution in [3.8, 4) is 0 Å². The standard InChI is InChI=1S/C18H17ClN2O2/c1-12-10-21-11-17(22)20-16-8-7-14(19)9-15(16)18(21,23-12)13-5-3-2-4-6-13/h2-9,12H,10-11H2,1H3,(H,20,22)/i2D,3D,4D,5D,6D. The fourth-order valence-corrected chi connectivity index (χ4v) is 3.46. The summed E-state index contributed by atoms with van der Waals surface area (Å²) < 4.78 is 47.3. The highest BCUT2D eigenvalue weighted by Gasteiger charge is 2.51. The van der Waals surface area contributed by atoms with E-state index in [1.807, 2.05) is 6.92 Å². The number of halogens is 1. The molecule has 0 aliphatic carbocycles. The maximum atomic E-state index is 12.5. The Kier molecular flexibility index (Phi) is 2.34. The first-order valence-corrected chi connectivity index (χ1v) is 7.64. The van der Waals surface area contributed by atoms with Crippen LogP contribution in [-0.4, -0.2) is 30.0 Å². The molecule has 2 unspecified atom stereocenters. The molecule has 0 saturated carbocycles. The lowest BCUT2D eigenvalue weighted by molar-refractivity contribution is -0.121. The van der Waals surface area contributed by atoms with Crippen LogP contribution in [0.3, 0.4) is 0 Å². The van der Waals surface area contributed by atoms with Crippen molar-refractivity contribution in [3.05, 3.63) is 64.6 Å². The third-order valence-electron chi connectivity index (χ3n) is 4.09. The topological polar surface area (TPSA) is 41.6 Å². The number of anilines is 1. The summed E-state index contributed by atoms with van der Waals surface area (Å²) in [6.45, 7) is 2.11. The van der Waals surface area contributed by atoms with Crippen molar-refractivity contribution < 1.29 is 16.4 Å². The molecule has 2 aromatic rings. The monoisotopic (exact) mass is 333 g/mol. The van der Waals surface area contributed by atoms with Crippen LogP contribution in [0.15, 0.2) is 48.4 Å². The van der Waals surface area contributed by atoms with E-state index in [-0.39, 0.29) is 36.2 Å². The zero-order chi connectivity index (χ0) is 20.4. The molecule has 1 fully saturated rings. The normalized spacial score (nSPS) is 30.1. The van der Waals surface area contributed by atoms with E-state index in [9.17, 15) is 4.79 Å². The van der Waals surface area contributed by atoms with E-state index in [1.165, 1.54) is 0 Å². The third kappa shape index (κ3) is 2.26. The molecule has 2 aliphatic rings. The van der Waals surface area contributed by atoms with E-state index in [0.717, 1.165) is 0 Å². The minimum absolute atomic E-state index is 0.0251. The summed E-state index contributed by atoms with van der Waals surface area (Å²) in [5.41, 5.74) is -0.693. The molecule has 1 N–H and O–H groups in total. The summed E-state index contributed by atoms with van der Waals surface area (Å²) in [6.07, 6.45) is -0.337. The summed E-state index contributed by atoms with van der Waals surface area (Å²) in [5.74, 6) is -0.282. The molecule has 2 atom stereocenters. The number of hydrogen-bond donors (Lipinski definition) is 1. The number of benzene rings is 2. The number of rotatable bonds is 1. The van der Waals surface area contributed by atoms with E-state index in [2.05, 4.69) is 5.32 Å². The van der Waals surface area contributed by atoms with Crippen molar-refractivity contribution in [1.29, 1.82) is 0 Å². The van der Waals surface area contributed by atoms with E-state index >= 15 is 0 Å². The minimum Gasteiger partial charge on any atom is -0.347 e. The number of nitrogens with one attached hydrogen (secondary N) is 1. The molecular weight excluding hydrogens is 312 g/mol. The lowest BCUT2D eigenvalue weighted by Crippen LogP contribution is -2.44. The van der Waals surface area contributed by atoms with Gasteiger partial charge in [0.25, 0.3) is 0 Å². The minimum atomic E-state index is -1.54. The first-order chi connectivity index (χ1) is 13.2. The second-order valence-electron chi connectivity index (χ2n) is 5.69. The SMILES string of the molecule is [2H]c1c([2H])c([2H])c(C23OC(C)CN2CC(=O)Nc2ccc(Cl)cc23)c([2H])c1[2H]. The van der Waals surface area contributed by atoms with Crippen molar-refractivity contribution in [2.75, 3.05) is 18.4 Å². The van der Waals surface area contributed by atoms with Crippen molar-refractivity contribution >= 4 is 23.2 Å². The van der Waals surface area contributed by atoms with Crippen molar-refractivity contribution in [1.82, 2.24) is 4.90 Å². The Labute approximate surface area is 147 Å². The van der Waals surface area contributed by atoms with Crippen LogP contribution < -0.4 is 5.32 Å². The number of fused-ring (bicyclic) bond motifs is 3. The maximum absolute atomic E-state index is 12.5. The maximum Gasteiger partial charge on any atom is 0.238 e. The predicted molar refractivity (Wildman–Crippen MR) is 89.4 cm³/mol. The van der Waals surface area contributed by atoms with Gasteiger partial charge >= 0.3 is 0 Å². The van der Waals surface area contributed by atoms with Gasteiger partial charge in [0.15, 0.2) is 5.72 Å². The summed E-state index contributed by atoms with van der Waals surface area (Å²) in [6, 6.07) is 2.71. The van der Waals surface area contributed by atoms with Gasteiger partial charge in [0.2, 0.25) is 5.91 Å². The van der Waals surface area contributed by atoms with Gasteiger partial charge in [-0.2, -0.15) is 0 Å². The quantitative estimate of drug-likeness (QED) is 0.871. The van der Waals surface area contributed by atoms with Gasteiger partial charge in [-0.15, -0.1) is 0 Å². The summed E-state index contributed by atoms with van der Waals surface area (Å²) in [5, 5.41) is 3.17. The second-order valence-corrected chi connectivity index (χ2v) is 6.13. The summed E-state index contributed by atoms with van der Waals surface area (Å²) in [4.78, 5) is 14.2. The smallest absolute Gasteiger partial charge is 0.238 e. The highest BCUT2D eigenvalue weighted by Crippen LogP contribution is 2.47. The van der Waals surface area contributed by atoms with Gasteiger partial charge < -0.3 is 10.1 Å². The van der Waals surface area contributed by atoms with Crippen LogP contribution >= 0.6 is 11.6 Å². The molecule has 2 heterocycles. The van der Waals surface area contributed by atoms with Gasteiger partial charge in [-0.3, -0.25) is 9.69 Å². The van der Waals surface area contributed by atoms with Crippen LogP contribution in [0.1, 0.15) is 24.9 Å². The third-order valence-corrected chi connectivity index (χ3v) is 4.32. The van der Waals surface area contributed by atoms with Gasteiger partial charge in [-0.05, 0) is 25.1 Å². The largest absolute Gasteiger partial charge is 0.347 e. The number of carbonyl (C=O) groups excluding carboxylic acids is 1. The Balaban J connectivity index is 2.14. The van der Waals surface area contributed by atoms with Crippen LogP contribution in [0, 0.1) is 0 Å². The number of nitrogens with zero attached hydrogens (tertiary/aromatic N) is 1. The molecule has 0 bridgehead atoms. The van der Waals surface area contributed by atoms with Crippen molar-refractivity contribution in [3.63, 3.8) is 0 Å². The molecule has 0 radical (unpaired) electrons. The molecule has 0 aromatic heterocycles. The van der Waals surface area contributed by atoms with Crippen LogP contribution in [0.5, 0.6) is 0 Å². The molecule has 0 spiro atoms. The van der Waals surface area contributed by atoms with Gasteiger partial charge in [0.1, 0.15) is 0 Å². The summed E-state index contributed by atoms with van der Waals surface area (Å²) >= 11 is 6.23. The van der Waals surface area contributed by atoms with E-state index in [1.54, 1.807) is 23.1 Å². The van der Waals surface area contributed by atoms with Gasteiger partial charge in [-0.1, -0.05) is 41.8 Å². The molecule has 1 amide bonds. The van der Waals surface area contributed by atoms with Crippen LogP contribution in [0.2, 0.25) is 5.02 Å². The molecule has 5 heteroatoms. The van der Waals surface area contributed by atoms with E-state index in [4.69, 9.17) is 23.2 Å². The van der Waals surface area contributed by atoms with Crippen LogP contribution in [0.25, 0.3) is 0 Å². The average molecular weight is 334 g/mol. The molecule has 1 saturated heterocycles.